The summed E-state index contributed by atoms with van der Waals surface area (Å²) >= 11 is 5.98. The van der Waals surface area contributed by atoms with E-state index in [1.54, 1.807) is 6.07 Å². The Balaban J connectivity index is 2.07. The molecule has 0 saturated heterocycles. The number of halogens is 1. The molecule has 0 aliphatic heterocycles. The van der Waals surface area contributed by atoms with Crippen LogP contribution < -0.4 is 5.73 Å². The van der Waals surface area contributed by atoms with Gasteiger partial charge in [-0.2, -0.15) is 0 Å². The van der Waals surface area contributed by atoms with Crippen molar-refractivity contribution in [1.29, 1.82) is 0 Å². The maximum atomic E-state index is 6.09. The third-order valence-corrected chi connectivity index (χ3v) is 3.88. The van der Waals surface area contributed by atoms with Crippen molar-refractivity contribution < 1.29 is 0 Å². The summed E-state index contributed by atoms with van der Waals surface area (Å²) in [7, 11) is 0. The molecule has 2 N–H and O–H groups in total. The molecule has 21 heavy (non-hydrogen) atoms. The van der Waals surface area contributed by atoms with Gasteiger partial charge in [0.25, 0.3) is 0 Å². The number of aromatic nitrogens is 2. The fourth-order valence-electron chi connectivity index (χ4n) is 2.60. The van der Waals surface area contributed by atoms with Crippen LogP contribution in [0.2, 0.25) is 5.02 Å². The first-order chi connectivity index (χ1) is 10.2. The molecule has 0 fully saturated rings. The molecule has 0 aliphatic carbocycles. The van der Waals surface area contributed by atoms with E-state index in [0.717, 1.165) is 47.5 Å². The van der Waals surface area contributed by atoms with Crippen LogP contribution in [0.3, 0.4) is 0 Å². The number of nitrogen functional groups attached to an aromatic ring is 1. The Morgan fingerprint density at radius 1 is 1.19 bits per heavy atom. The van der Waals surface area contributed by atoms with Crippen molar-refractivity contribution in [3.8, 4) is 0 Å². The zero-order chi connectivity index (χ0) is 14.8. The molecule has 3 rings (SSSR count). The summed E-state index contributed by atoms with van der Waals surface area (Å²) in [5.74, 6) is 1.10. The second kappa shape index (κ2) is 5.78. The SMILES string of the molecule is CCCc1nc2ccccc2n1Cc1ccc(Cl)cc1N. The van der Waals surface area contributed by atoms with Gasteiger partial charge in [-0.3, -0.25) is 0 Å². The number of nitrogens with zero attached hydrogens (tertiary/aromatic N) is 2. The van der Waals surface area contributed by atoms with Crippen molar-refractivity contribution in [2.24, 2.45) is 0 Å². The molecule has 0 aliphatic rings. The van der Waals surface area contributed by atoms with E-state index in [-0.39, 0.29) is 0 Å². The summed E-state index contributed by atoms with van der Waals surface area (Å²) < 4.78 is 2.25. The molecule has 0 amide bonds. The molecule has 2 aromatic carbocycles. The summed E-state index contributed by atoms with van der Waals surface area (Å²) in [6.45, 7) is 2.89. The predicted octanol–water partition coefficient (Wildman–Crippen LogP) is 4.27. The fraction of sp³-hybridized carbons (Fsp3) is 0.235. The van der Waals surface area contributed by atoms with E-state index in [2.05, 4.69) is 23.6 Å². The van der Waals surface area contributed by atoms with Gasteiger partial charge in [-0.25, -0.2) is 4.98 Å². The molecular formula is C17H18ClN3. The molecule has 0 saturated carbocycles. The number of imidazole rings is 1. The number of fused-ring (bicyclic) bond motifs is 1. The van der Waals surface area contributed by atoms with Gasteiger partial charge in [0.15, 0.2) is 0 Å². The number of anilines is 1. The molecule has 4 heteroatoms. The molecule has 1 heterocycles. The van der Waals surface area contributed by atoms with Crippen molar-refractivity contribution in [3.63, 3.8) is 0 Å². The van der Waals surface area contributed by atoms with Crippen molar-refractivity contribution in [1.82, 2.24) is 9.55 Å². The van der Waals surface area contributed by atoms with Crippen LogP contribution in [0.4, 0.5) is 5.69 Å². The van der Waals surface area contributed by atoms with E-state index >= 15 is 0 Å². The molecule has 0 atom stereocenters. The van der Waals surface area contributed by atoms with Gasteiger partial charge < -0.3 is 10.3 Å². The average Bonchev–Trinajstić information content (AvgIpc) is 2.80. The minimum absolute atomic E-state index is 0.667. The first-order valence-corrected chi connectivity index (χ1v) is 7.55. The second-order valence-electron chi connectivity index (χ2n) is 5.20. The van der Waals surface area contributed by atoms with Gasteiger partial charge in [-0.05, 0) is 36.2 Å². The van der Waals surface area contributed by atoms with Crippen LogP contribution in [0.25, 0.3) is 11.0 Å². The second-order valence-corrected chi connectivity index (χ2v) is 5.63. The summed E-state index contributed by atoms with van der Waals surface area (Å²) in [5.41, 5.74) is 10.1. The van der Waals surface area contributed by atoms with Gasteiger partial charge in [0.1, 0.15) is 5.82 Å². The van der Waals surface area contributed by atoms with E-state index in [1.807, 2.05) is 24.3 Å². The Labute approximate surface area is 129 Å². The lowest BCUT2D eigenvalue weighted by molar-refractivity contribution is 0.723. The van der Waals surface area contributed by atoms with Crippen LogP contribution >= 0.6 is 11.6 Å². The van der Waals surface area contributed by atoms with Gasteiger partial charge in [-0.1, -0.05) is 36.7 Å². The first kappa shape index (κ1) is 14.0. The number of aryl methyl sites for hydroxylation is 1. The molecule has 0 unspecified atom stereocenters. The lowest BCUT2D eigenvalue weighted by Gasteiger charge is -2.11. The van der Waals surface area contributed by atoms with Crippen molar-refractivity contribution in [3.05, 3.63) is 58.9 Å². The molecule has 1 aromatic heterocycles. The van der Waals surface area contributed by atoms with Crippen molar-refractivity contribution >= 4 is 28.3 Å². The largest absolute Gasteiger partial charge is 0.398 e. The Kier molecular flexibility index (Phi) is 3.84. The number of nitrogens with two attached hydrogens (primary N) is 1. The van der Waals surface area contributed by atoms with Crippen LogP contribution in [0.5, 0.6) is 0 Å². The number of para-hydroxylation sites is 2. The molecule has 3 nitrogen and oxygen atoms in total. The maximum Gasteiger partial charge on any atom is 0.110 e. The molecule has 0 radical (unpaired) electrons. The Morgan fingerprint density at radius 3 is 2.76 bits per heavy atom. The van der Waals surface area contributed by atoms with Crippen LogP contribution in [-0.4, -0.2) is 9.55 Å². The molecular weight excluding hydrogens is 282 g/mol. The molecule has 108 valence electrons. The van der Waals surface area contributed by atoms with Gasteiger partial charge in [-0.15, -0.1) is 0 Å². The number of benzene rings is 2. The van der Waals surface area contributed by atoms with Gasteiger partial charge in [0.05, 0.1) is 17.6 Å². The normalized spacial score (nSPS) is 11.1. The minimum Gasteiger partial charge on any atom is -0.398 e. The smallest absolute Gasteiger partial charge is 0.110 e. The number of hydrogen-bond acceptors (Lipinski definition) is 2. The van der Waals surface area contributed by atoms with Crippen LogP contribution in [-0.2, 0) is 13.0 Å². The molecule has 3 aromatic rings. The lowest BCUT2D eigenvalue weighted by Crippen LogP contribution is -2.07. The van der Waals surface area contributed by atoms with Gasteiger partial charge >= 0.3 is 0 Å². The van der Waals surface area contributed by atoms with E-state index in [1.165, 1.54) is 0 Å². The number of rotatable bonds is 4. The highest BCUT2D eigenvalue weighted by Gasteiger charge is 2.11. The maximum absolute atomic E-state index is 6.09. The standard InChI is InChI=1S/C17H18ClN3/c1-2-5-17-20-15-6-3-4-7-16(15)21(17)11-12-8-9-13(18)10-14(12)19/h3-4,6-10H,2,5,11,19H2,1H3. The molecule has 0 spiro atoms. The Hall–Kier alpha value is -2.00. The summed E-state index contributed by atoms with van der Waals surface area (Å²) in [6, 6.07) is 13.9. The van der Waals surface area contributed by atoms with E-state index < -0.39 is 0 Å². The third-order valence-electron chi connectivity index (χ3n) is 3.64. The van der Waals surface area contributed by atoms with Crippen molar-refractivity contribution in [2.75, 3.05) is 5.73 Å². The highest BCUT2D eigenvalue weighted by molar-refractivity contribution is 6.30. The van der Waals surface area contributed by atoms with E-state index in [4.69, 9.17) is 22.3 Å². The monoisotopic (exact) mass is 299 g/mol. The van der Waals surface area contributed by atoms with Crippen LogP contribution in [0.1, 0.15) is 24.7 Å². The minimum atomic E-state index is 0.667. The summed E-state index contributed by atoms with van der Waals surface area (Å²) in [6.07, 6.45) is 2.03. The van der Waals surface area contributed by atoms with Gasteiger partial charge in [0.2, 0.25) is 0 Å². The van der Waals surface area contributed by atoms with Crippen molar-refractivity contribution in [2.45, 2.75) is 26.3 Å². The highest BCUT2D eigenvalue weighted by Crippen LogP contribution is 2.23. The quantitative estimate of drug-likeness (QED) is 0.731. The molecule has 0 bridgehead atoms. The van der Waals surface area contributed by atoms with Gasteiger partial charge in [0, 0.05) is 17.1 Å². The summed E-state index contributed by atoms with van der Waals surface area (Å²) in [4.78, 5) is 4.74. The average molecular weight is 300 g/mol. The first-order valence-electron chi connectivity index (χ1n) is 7.17. The van der Waals surface area contributed by atoms with E-state index in [0.29, 0.717) is 5.02 Å². The van der Waals surface area contributed by atoms with Crippen LogP contribution in [0, 0.1) is 0 Å². The zero-order valence-electron chi connectivity index (χ0n) is 12.0. The Morgan fingerprint density at radius 2 is 2.00 bits per heavy atom. The van der Waals surface area contributed by atoms with E-state index in [9.17, 15) is 0 Å². The fourth-order valence-corrected chi connectivity index (χ4v) is 2.78. The predicted molar refractivity (Wildman–Crippen MR) is 88.7 cm³/mol. The highest BCUT2D eigenvalue weighted by atomic mass is 35.5. The Bertz CT molecular complexity index is 777. The summed E-state index contributed by atoms with van der Waals surface area (Å²) in [5, 5.41) is 0.667. The zero-order valence-corrected chi connectivity index (χ0v) is 12.8. The van der Waals surface area contributed by atoms with Crippen LogP contribution in [0.15, 0.2) is 42.5 Å². The third kappa shape index (κ3) is 2.74. The lowest BCUT2D eigenvalue weighted by atomic mass is 10.1. The topological polar surface area (TPSA) is 43.8 Å². The number of hydrogen-bond donors (Lipinski definition) is 1.